The number of amides is 1. The van der Waals surface area contributed by atoms with Gasteiger partial charge in [-0.15, -0.1) is 5.10 Å². The topological polar surface area (TPSA) is 51.0 Å². The van der Waals surface area contributed by atoms with Crippen molar-refractivity contribution in [1.82, 2.24) is 15.0 Å². The second kappa shape index (κ2) is 5.81. The normalized spacial score (nSPS) is 14.1. The highest BCUT2D eigenvalue weighted by molar-refractivity contribution is 6.32. The molecule has 0 saturated heterocycles. The summed E-state index contributed by atoms with van der Waals surface area (Å²) < 4.78 is 15.7. The molecule has 0 bridgehead atoms. The Balaban J connectivity index is 1.81. The van der Waals surface area contributed by atoms with Gasteiger partial charge in [0.1, 0.15) is 5.82 Å². The monoisotopic (exact) mass is 308 g/mol. The average molecular weight is 309 g/mol. The number of nitrogens with zero attached hydrogens (tertiary/aromatic N) is 4. The largest absolute Gasteiger partial charge is 0.309 e. The Hall–Kier alpha value is -1.95. The van der Waals surface area contributed by atoms with Crippen molar-refractivity contribution in [1.29, 1.82) is 0 Å². The fourth-order valence-corrected chi connectivity index (χ4v) is 2.83. The molecule has 0 N–H and O–H groups in total. The van der Waals surface area contributed by atoms with Gasteiger partial charge in [0, 0.05) is 24.2 Å². The summed E-state index contributed by atoms with van der Waals surface area (Å²) in [4.78, 5) is 13.9. The van der Waals surface area contributed by atoms with Crippen molar-refractivity contribution in [2.24, 2.45) is 0 Å². The third-order valence-corrected chi connectivity index (χ3v) is 3.94. The first-order valence-corrected chi connectivity index (χ1v) is 7.16. The molecule has 0 fully saturated rings. The maximum Gasteiger partial charge on any atom is 0.228 e. The zero-order chi connectivity index (χ0) is 14.8. The van der Waals surface area contributed by atoms with Crippen LogP contribution in [-0.2, 0) is 17.8 Å². The van der Waals surface area contributed by atoms with Crippen molar-refractivity contribution < 1.29 is 9.18 Å². The summed E-state index contributed by atoms with van der Waals surface area (Å²) in [5.41, 5.74) is 1.05. The SMILES string of the molecule is O=C(CCn1ccnn1)N1CCCc2c(Cl)ccc(F)c21. The van der Waals surface area contributed by atoms with Gasteiger partial charge in [-0.1, -0.05) is 16.8 Å². The van der Waals surface area contributed by atoms with Crippen molar-refractivity contribution in [3.8, 4) is 0 Å². The molecule has 21 heavy (non-hydrogen) atoms. The minimum absolute atomic E-state index is 0.132. The van der Waals surface area contributed by atoms with E-state index in [0.717, 1.165) is 12.0 Å². The summed E-state index contributed by atoms with van der Waals surface area (Å²) in [6.45, 7) is 0.938. The van der Waals surface area contributed by atoms with E-state index in [2.05, 4.69) is 10.3 Å². The molecule has 110 valence electrons. The number of hydrogen-bond acceptors (Lipinski definition) is 3. The molecule has 1 aliphatic rings. The lowest BCUT2D eigenvalue weighted by Crippen LogP contribution is -2.36. The minimum Gasteiger partial charge on any atom is -0.309 e. The first-order valence-electron chi connectivity index (χ1n) is 6.78. The lowest BCUT2D eigenvalue weighted by molar-refractivity contribution is -0.119. The second-order valence-corrected chi connectivity index (χ2v) is 5.33. The molecule has 0 saturated carbocycles. The van der Waals surface area contributed by atoms with Gasteiger partial charge in [-0.2, -0.15) is 0 Å². The maximum atomic E-state index is 14.1. The first kappa shape index (κ1) is 14.0. The number of aryl methyl sites for hydroxylation is 1. The zero-order valence-corrected chi connectivity index (χ0v) is 12.1. The highest BCUT2D eigenvalue weighted by Gasteiger charge is 2.27. The van der Waals surface area contributed by atoms with Gasteiger partial charge in [-0.05, 0) is 30.5 Å². The molecule has 5 nitrogen and oxygen atoms in total. The van der Waals surface area contributed by atoms with E-state index in [9.17, 15) is 9.18 Å². The molecule has 1 aliphatic heterocycles. The van der Waals surface area contributed by atoms with E-state index >= 15 is 0 Å². The standard InChI is InChI=1S/C14H14ClFN4O/c15-11-3-4-12(16)14-10(11)2-1-7-20(14)13(21)5-8-19-9-6-17-18-19/h3-4,6,9H,1-2,5,7-8H2. The second-order valence-electron chi connectivity index (χ2n) is 4.92. The molecule has 7 heteroatoms. The number of carbonyl (C=O) groups is 1. The van der Waals surface area contributed by atoms with E-state index in [0.29, 0.717) is 30.2 Å². The highest BCUT2D eigenvalue weighted by atomic mass is 35.5. The van der Waals surface area contributed by atoms with E-state index in [1.807, 2.05) is 0 Å². The maximum absolute atomic E-state index is 14.1. The molecule has 2 aromatic rings. The van der Waals surface area contributed by atoms with Crippen LogP contribution in [0.2, 0.25) is 5.02 Å². The number of rotatable bonds is 3. The molecule has 3 rings (SSSR count). The average Bonchev–Trinajstić information content (AvgIpc) is 3.01. The molecule has 2 heterocycles. The van der Waals surface area contributed by atoms with Crippen LogP contribution in [0.25, 0.3) is 0 Å². The third-order valence-electron chi connectivity index (χ3n) is 3.58. The Labute approximate surface area is 126 Å². The Morgan fingerprint density at radius 3 is 3.05 bits per heavy atom. The van der Waals surface area contributed by atoms with Gasteiger partial charge in [0.15, 0.2) is 0 Å². The highest BCUT2D eigenvalue weighted by Crippen LogP contribution is 2.35. The summed E-state index contributed by atoms with van der Waals surface area (Å²) in [5, 5.41) is 8.01. The van der Waals surface area contributed by atoms with E-state index in [-0.39, 0.29) is 12.3 Å². The molecule has 0 atom stereocenters. The van der Waals surface area contributed by atoms with E-state index in [1.165, 1.54) is 11.0 Å². The molecule has 0 aliphatic carbocycles. The first-order chi connectivity index (χ1) is 10.2. The van der Waals surface area contributed by atoms with Crippen molar-refractivity contribution in [2.45, 2.75) is 25.8 Å². The van der Waals surface area contributed by atoms with Crippen LogP contribution in [0.4, 0.5) is 10.1 Å². The Morgan fingerprint density at radius 1 is 1.43 bits per heavy atom. The van der Waals surface area contributed by atoms with Gasteiger partial charge in [-0.3, -0.25) is 9.48 Å². The van der Waals surface area contributed by atoms with Crippen molar-refractivity contribution in [2.75, 3.05) is 11.4 Å². The van der Waals surface area contributed by atoms with Crippen LogP contribution in [0.5, 0.6) is 0 Å². The molecular weight excluding hydrogens is 295 g/mol. The van der Waals surface area contributed by atoms with Gasteiger partial charge >= 0.3 is 0 Å². The Morgan fingerprint density at radius 2 is 2.29 bits per heavy atom. The van der Waals surface area contributed by atoms with Crippen LogP contribution < -0.4 is 4.90 Å². The third kappa shape index (κ3) is 2.76. The van der Waals surface area contributed by atoms with Crippen LogP contribution in [0.3, 0.4) is 0 Å². The Kier molecular flexibility index (Phi) is 3.88. The number of hydrogen-bond donors (Lipinski definition) is 0. The van der Waals surface area contributed by atoms with Crippen LogP contribution in [0, 0.1) is 5.82 Å². The lowest BCUT2D eigenvalue weighted by atomic mass is 10.0. The minimum atomic E-state index is -0.400. The van der Waals surface area contributed by atoms with E-state index in [4.69, 9.17) is 11.6 Å². The van der Waals surface area contributed by atoms with Gasteiger partial charge in [0.05, 0.1) is 18.4 Å². The summed E-state index contributed by atoms with van der Waals surface area (Å²) in [7, 11) is 0. The fourth-order valence-electron chi connectivity index (χ4n) is 2.59. The smallest absolute Gasteiger partial charge is 0.228 e. The van der Waals surface area contributed by atoms with E-state index in [1.54, 1.807) is 23.1 Å². The quantitative estimate of drug-likeness (QED) is 0.875. The molecule has 1 aromatic carbocycles. The van der Waals surface area contributed by atoms with Gasteiger partial charge in [0.2, 0.25) is 5.91 Å². The fraction of sp³-hybridized carbons (Fsp3) is 0.357. The number of halogens is 2. The van der Waals surface area contributed by atoms with Crippen LogP contribution in [0.1, 0.15) is 18.4 Å². The van der Waals surface area contributed by atoms with Crippen molar-refractivity contribution in [3.05, 3.63) is 40.9 Å². The molecular formula is C14H14ClFN4O. The molecule has 0 unspecified atom stereocenters. The number of carbonyl (C=O) groups excluding carboxylic acids is 1. The van der Waals surface area contributed by atoms with Crippen LogP contribution >= 0.6 is 11.6 Å². The number of anilines is 1. The van der Waals surface area contributed by atoms with Gasteiger partial charge in [0.25, 0.3) is 0 Å². The predicted molar refractivity (Wildman–Crippen MR) is 76.7 cm³/mol. The van der Waals surface area contributed by atoms with Gasteiger partial charge in [-0.25, -0.2) is 4.39 Å². The molecule has 0 radical (unpaired) electrons. The molecule has 1 amide bonds. The van der Waals surface area contributed by atoms with Crippen molar-refractivity contribution >= 4 is 23.2 Å². The number of fused-ring (bicyclic) bond motifs is 1. The number of benzene rings is 1. The predicted octanol–water partition coefficient (Wildman–Crippen LogP) is 2.44. The van der Waals surface area contributed by atoms with Crippen LogP contribution in [0.15, 0.2) is 24.5 Å². The molecule has 1 aromatic heterocycles. The zero-order valence-electron chi connectivity index (χ0n) is 11.3. The van der Waals surface area contributed by atoms with Crippen LogP contribution in [-0.4, -0.2) is 27.4 Å². The van der Waals surface area contributed by atoms with Gasteiger partial charge < -0.3 is 4.90 Å². The van der Waals surface area contributed by atoms with E-state index < -0.39 is 5.82 Å². The molecule has 0 spiro atoms. The van der Waals surface area contributed by atoms with Crippen molar-refractivity contribution in [3.63, 3.8) is 0 Å². The summed E-state index contributed by atoms with van der Waals surface area (Å²) in [6.07, 6.45) is 4.97. The Bertz CT molecular complexity index is 659. The summed E-state index contributed by atoms with van der Waals surface area (Å²) in [5.74, 6) is -0.532. The number of aromatic nitrogens is 3. The summed E-state index contributed by atoms with van der Waals surface area (Å²) in [6, 6.07) is 2.85. The lowest BCUT2D eigenvalue weighted by Gasteiger charge is -2.30. The summed E-state index contributed by atoms with van der Waals surface area (Å²) >= 11 is 6.12.